The van der Waals surface area contributed by atoms with Crippen molar-refractivity contribution in [3.05, 3.63) is 40.3 Å². The third-order valence-electron chi connectivity index (χ3n) is 3.21. The summed E-state index contributed by atoms with van der Waals surface area (Å²) in [6.45, 7) is 3.62. The van der Waals surface area contributed by atoms with Crippen LogP contribution in [-0.2, 0) is 16.4 Å². The standard InChI is InChI=1S/C16H22N4O3S2.HI/c1-12-10-19-15(24-12)11-20-16(17-2)18-8-9-23-13-4-6-14(7-5-13)25(3,21)22;/h4-7,10H,8-9,11H2,1-3H3,(H2,17,18,20);1H. The average Bonchev–Trinajstić information content (AvgIpc) is 2.99. The van der Waals surface area contributed by atoms with Crippen LogP contribution < -0.4 is 15.4 Å². The van der Waals surface area contributed by atoms with Gasteiger partial charge in [-0.3, -0.25) is 4.99 Å². The van der Waals surface area contributed by atoms with E-state index in [2.05, 4.69) is 20.6 Å². The van der Waals surface area contributed by atoms with Crippen molar-refractivity contribution < 1.29 is 13.2 Å². The van der Waals surface area contributed by atoms with E-state index >= 15 is 0 Å². The van der Waals surface area contributed by atoms with Crippen LogP contribution in [0, 0.1) is 6.92 Å². The van der Waals surface area contributed by atoms with E-state index in [1.165, 1.54) is 23.3 Å². The van der Waals surface area contributed by atoms with E-state index in [0.29, 0.717) is 31.4 Å². The summed E-state index contributed by atoms with van der Waals surface area (Å²) < 4.78 is 28.4. The number of halogens is 1. The zero-order valence-electron chi connectivity index (χ0n) is 14.9. The van der Waals surface area contributed by atoms with Gasteiger partial charge in [0.05, 0.1) is 18.0 Å². The molecular weight excluding hydrogens is 487 g/mol. The smallest absolute Gasteiger partial charge is 0.191 e. The first-order chi connectivity index (χ1) is 11.9. The fraction of sp³-hybridized carbons (Fsp3) is 0.375. The Morgan fingerprint density at radius 3 is 2.50 bits per heavy atom. The molecule has 0 aliphatic rings. The van der Waals surface area contributed by atoms with Gasteiger partial charge in [-0.05, 0) is 31.2 Å². The number of rotatable bonds is 7. The van der Waals surface area contributed by atoms with E-state index in [9.17, 15) is 8.42 Å². The van der Waals surface area contributed by atoms with Crippen molar-refractivity contribution >= 4 is 51.1 Å². The Labute approximate surface area is 175 Å². The van der Waals surface area contributed by atoms with Crippen LogP contribution in [0.1, 0.15) is 9.88 Å². The van der Waals surface area contributed by atoms with E-state index in [1.54, 1.807) is 30.5 Å². The lowest BCUT2D eigenvalue weighted by Crippen LogP contribution is -2.38. The maximum Gasteiger partial charge on any atom is 0.191 e. The molecule has 2 aromatic rings. The summed E-state index contributed by atoms with van der Waals surface area (Å²) in [7, 11) is -1.48. The summed E-state index contributed by atoms with van der Waals surface area (Å²) in [5, 5.41) is 7.34. The Kier molecular flexibility index (Phi) is 9.30. The Morgan fingerprint density at radius 1 is 1.27 bits per heavy atom. The zero-order valence-corrected chi connectivity index (χ0v) is 18.8. The molecule has 0 fully saturated rings. The maximum absolute atomic E-state index is 11.4. The topological polar surface area (TPSA) is 92.7 Å². The summed E-state index contributed by atoms with van der Waals surface area (Å²) in [4.78, 5) is 9.88. The molecule has 0 unspecified atom stereocenters. The summed E-state index contributed by atoms with van der Waals surface area (Å²) >= 11 is 1.64. The van der Waals surface area contributed by atoms with Gasteiger partial charge in [-0.1, -0.05) is 0 Å². The van der Waals surface area contributed by atoms with Crippen LogP contribution >= 0.6 is 35.3 Å². The zero-order chi connectivity index (χ0) is 18.3. The second kappa shape index (κ2) is 10.7. The highest BCUT2D eigenvalue weighted by atomic mass is 127. The second-order valence-corrected chi connectivity index (χ2v) is 8.64. The molecule has 2 N–H and O–H groups in total. The van der Waals surface area contributed by atoms with E-state index in [-0.39, 0.29) is 28.9 Å². The number of hydrogen-bond acceptors (Lipinski definition) is 6. The van der Waals surface area contributed by atoms with Crippen molar-refractivity contribution in [1.82, 2.24) is 15.6 Å². The highest BCUT2D eigenvalue weighted by Gasteiger charge is 2.06. The molecule has 0 saturated heterocycles. The molecule has 1 aromatic carbocycles. The number of thiazole rings is 1. The third kappa shape index (κ3) is 7.46. The van der Waals surface area contributed by atoms with Crippen molar-refractivity contribution in [1.29, 1.82) is 0 Å². The van der Waals surface area contributed by atoms with E-state index in [4.69, 9.17) is 4.74 Å². The van der Waals surface area contributed by atoms with Gasteiger partial charge in [0.15, 0.2) is 15.8 Å². The van der Waals surface area contributed by atoms with Gasteiger partial charge in [0.25, 0.3) is 0 Å². The second-order valence-electron chi connectivity index (χ2n) is 5.31. The lowest BCUT2D eigenvalue weighted by atomic mass is 10.3. The summed E-state index contributed by atoms with van der Waals surface area (Å²) in [6, 6.07) is 6.37. The predicted molar refractivity (Wildman–Crippen MR) is 116 cm³/mol. The van der Waals surface area contributed by atoms with Gasteiger partial charge in [-0.15, -0.1) is 35.3 Å². The monoisotopic (exact) mass is 510 g/mol. The van der Waals surface area contributed by atoms with Crippen LogP contribution in [0.15, 0.2) is 40.4 Å². The van der Waals surface area contributed by atoms with Crippen LogP contribution in [0.4, 0.5) is 0 Å². The van der Waals surface area contributed by atoms with Crippen LogP contribution in [0.25, 0.3) is 0 Å². The molecule has 1 heterocycles. The molecule has 26 heavy (non-hydrogen) atoms. The Morgan fingerprint density at radius 2 is 1.96 bits per heavy atom. The van der Waals surface area contributed by atoms with Crippen molar-refractivity contribution in [3.63, 3.8) is 0 Å². The van der Waals surface area contributed by atoms with Gasteiger partial charge < -0.3 is 15.4 Å². The normalized spacial score (nSPS) is 11.6. The largest absolute Gasteiger partial charge is 0.492 e. The van der Waals surface area contributed by atoms with Gasteiger partial charge in [0.1, 0.15) is 17.4 Å². The molecule has 144 valence electrons. The molecule has 0 spiro atoms. The fourth-order valence-corrected chi connectivity index (χ4v) is 3.34. The number of nitrogens with one attached hydrogen (secondary N) is 2. The number of aliphatic imine (C=N–C) groups is 1. The van der Waals surface area contributed by atoms with Gasteiger partial charge in [-0.2, -0.15) is 0 Å². The number of hydrogen-bond donors (Lipinski definition) is 2. The van der Waals surface area contributed by atoms with Gasteiger partial charge in [0.2, 0.25) is 0 Å². The lowest BCUT2D eigenvalue weighted by molar-refractivity contribution is 0.321. The van der Waals surface area contributed by atoms with Crippen molar-refractivity contribution in [3.8, 4) is 5.75 Å². The van der Waals surface area contributed by atoms with Crippen LogP contribution in [0.3, 0.4) is 0 Å². The molecule has 0 aliphatic heterocycles. The Balaban J connectivity index is 0.00000338. The molecule has 2 rings (SSSR count). The first-order valence-corrected chi connectivity index (χ1v) is 10.4. The quantitative estimate of drug-likeness (QED) is 0.257. The molecule has 0 radical (unpaired) electrons. The molecule has 0 atom stereocenters. The first kappa shape index (κ1) is 22.6. The van der Waals surface area contributed by atoms with Crippen molar-refractivity contribution in [2.24, 2.45) is 4.99 Å². The van der Waals surface area contributed by atoms with Gasteiger partial charge in [-0.25, -0.2) is 13.4 Å². The van der Waals surface area contributed by atoms with Crippen molar-refractivity contribution in [2.45, 2.75) is 18.4 Å². The maximum atomic E-state index is 11.4. The number of sulfone groups is 1. The van der Waals surface area contributed by atoms with E-state index in [0.717, 1.165) is 5.01 Å². The Hall–Kier alpha value is -1.40. The molecule has 0 amide bonds. The molecule has 1 aromatic heterocycles. The summed E-state index contributed by atoms with van der Waals surface area (Å²) in [5.41, 5.74) is 0. The summed E-state index contributed by atoms with van der Waals surface area (Å²) in [6.07, 6.45) is 3.03. The van der Waals surface area contributed by atoms with Crippen LogP contribution in [-0.4, -0.2) is 45.8 Å². The number of guanidine groups is 1. The fourth-order valence-electron chi connectivity index (χ4n) is 1.98. The van der Waals surface area contributed by atoms with Crippen molar-refractivity contribution in [2.75, 3.05) is 26.5 Å². The highest BCUT2D eigenvalue weighted by Crippen LogP contribution is 2.15. The minimum absolute atomic E-state index is 0. The molecule has 10 heteroatoms. The van der Waals surface area contributed by atoms with E-state index in [1.807, 2.05) is 13.1 Å². The highest BCUT2D eigenvalue weighted by molar-refractivity contribution is 14.0. The SMILES string of the molecule is CN=C(NCCOc1ccc(S(C)(=O)=O)cc1)NCc1ncc(C)s1.I. The predicted octanol–water partition coefficient (Wildman–Crippen LogP) is 2.22. The van der Waals surface area contributed by atoms with E-state index < -0.39 is 9.84 Å². The molecular formula is C16H23IN4O3S2. The molecule has 0 aliphatic carbocycles. The number of aryl methyl sites for hydroxylation is 1. The van der Waals surface area contributed by atoms with Gasteiger partial charge >= 0.3 is 0 Å². The van der Waals surface area contributed by atoms with Gasteiger partial charge in [0, 0.05) is 24.4 Å². The molecule has 0 saturated carbocycles. The molecule has 0 bridgehead atoms. The average molecular weight is 510 g/mol. The number of aromatic nitrogens is 1. The number of nitrogens with zero attached hydrogens (tertiary/aromatic N) is 2. The first-order valence-electron chi connectivity index (χ1n) is 7.67. The minimum Gasteiger partial charge on any atom is -0.492 e. The number of ether oxygens (including phenoxy) is 1. The summed E-state index contributed by atoms with van der Waals surface area (Å²) in [5.74, 6) is 1.29. The third-order valence-corrected chi connectivity index (χ3v) is 5.26. The molecule has 7 nitrogen and oxygen atoms in total. The van der Waals surface area contributed by atoms with Crippen LogP contribution in [0.2, 0.25) is 0 Å². The van der Waals surface area contributed by atoms with Crippen LogP contribution in [0.5, 0.6) is 5.75 Å². The minimum atomic E-state index is -3.18. The Bertz CT molecular complexity index is 820. The lowest BCUT2D eigenvalue weighted by Gasteiger charge is -2.12. The number of benzene rings is 1.